The molecule has 66 heavy (non-hydrogen) atoms. The van der Waals surface area contributed by atoms with Gasteiger partial charge in [-0.05, 0) is 136 Å². The number of nitrogen functional groups attached to an aromatic ring is 1. The summed E-state index contributed by atoms with van der Waals surface area (Å²) in [4.78, 5) is 55.0. The lowest BCUT2D eigenvalue weighted by atomic mass is 10.0. The Bertz CT molecular complexity index is 2850. The molecule has 8 aromatic rings. The summed E-state index contributed by atoms with van der Waals surface area (Å²) in [6.45, 7) is 16.0. The van der Waals surface area contributed by atoms with Crippen LogP contribution in [0, 0.1) is 41.5 Å². The number of nitrogens with one attached hydrogen (secondary N) is 1. The maximum Gasteiger partial charge on any atom is 0.337 e. The minimum atomic E-state index is -0.321. The van der Waals surface area contributed by atoms with Gasteiger partial charge in [0.2, 0.25) is 0 Å². The second kappa shape index (κ2) is 23.8. The highest BCUT2D eigenvalue weighted by Gasteiger charge is 2.16. The van der Waals surface area contributed by atoms with E-state index in [0.717, 1.165) is 90.4 Å². The third-order valence-corrected chi connectivity index (χ3v) is 12.8. The Hall–Kier alpha value is -6.96. The molecule has 0 aliphatic heterocycles. The highest BCUT2D eigenvalue weighted by molar-refractivity contribution is 7.16. The van der Waals surface area contributed by atoms with Gasteiger partial charge in [0.05, 0.1) is 81.4 Å². The zero-order valence-corrected chi connectivity index (χ0v) is 39.2. The maximum atomic E-state index is 12.7. The van der Waals surface area contributed by atoms with Gasteiger partial charge in [0.1, 0.15) is 0 Å². The van der Waals surface area contributed by atoms with E-state index in [-0.39, 0.29) is 26.7 Å². The number of pyridine rings is 2. The van der Waals surface area contributed by atoms with Crippen molar-refractivity contribution in [1.82, 2.24) is 29.9 Å². The van der Waals surface area contributed by atoms with E-state index in [4.69, 9.17) is 10.5 Å². The number of aromatic nitrogens is 6. The lowest BCUT2D eigenvalue weighted by Gasteiger charge is -2.09. The van der Waals surface area contributed by atoms with Crippen molar-refractivity contribution in [2.24, 2.45) is 0 Å². The third kappa shape index (κ3) is 13.1. The van der Waals surface area contributed by atoms with Crippen LogP contribution in [-0.4, -0.2) is 48.9 Å². The Morgan fingerprint density at radius 1 is 0.561 bits per heavy atom. The quantitative estimate of drug-likeness (QED) is 0.133. The minimum Gasteiger partial charge on any atom is -0.465 e. The number of hydrogen-bond acceptors (Lipinski definition) is 12. The summed E-state index contributed by atoms with van der Waals surface area (Å²) >= 11 is 3.47. The fourth-order valence-electron chi connectivity index (χ4n) is 6.60. The molecule has 6 heterocycles. The maximum absolute atomic E-state index is 12.7. The van der Waals surface area contributed by atoms with Crippen molar-refractivity contribution in [1.29, 1.82) is 0 Å². The number of anilines is 2. The summed E-state index contributed by atoms with van der Waals surface area (Å²) in [6, 6.07) is 23.5. The Kier molecular flexibility index (Phi) is 18.6. The molecular weight excluding hydrogens is 861 g/mol. The van der Waals surface area contributed by atoms with E-state index >= 15 is 0 Å². The summed E-state index contributed by atoms with van der Waals surface area (Å²) < 4.78 is 4.75. The fourth-order valence-corrected chi connectivity index (χ4v) is 8.76. The number of rotatable bonds is 9. The Labute approximate surface area is 397 Å². The number of benzene rings is 2. The first-order chi connectivity index (χ1) is 30.8. The average molecular weight is 921 g/mol. The first kappa shape index (κ1) is 51.7. The zero-order chi connectivity index (χ0) is 45.9. The van der Waals surface area contributed by atoms with Crippen molar-refractivity contribution in [3.63, 3.8) is 0 Å². The van der Waals surface area contributed by atoms with Crippen LogP contribution in [0.2, 0.25) is 0 Å². The first-order valence-electron chi connectivity index (χ1n) is 20.8. The Morgan fingerprint density at radius 3 is 1.39 bits per heavy atom. The topological polar surface area (TPSA) is 159 Å². The van der Waals surface area contributed by atoms with Gasteiger partial charge < -0.3 is 15.8 Å². The monoisotopic (exact) mass is 920 g/mol. The van der Waals surface area contributed by atoms with Crippen LogP contribution in [0.4, 0.5) is 11.4 Å². The number of amides is 1. The molecule has 0 saturated heterocycles. The molecule has 0 saturated carbocycles. The number of methoxy groups -OCH3 is 1. The number of carbonyl (C=O) groups excluding carboxylic acids is 2. The van der Waals surface area contributed by atoms with Crippen molar-refractivity contribution in [2.75, 3.05) is 18.2 Å². The summed E-state index contributed by atoms with van der Waals surface area (Å²) in [5.41, 5.74) is 20.3. The predicted molar refractivity (Wildman–Crippen MR) is 274 cm³/mol. The van der Waals surface area contributed by atoms with Crippen molar-refractivity contribution >= 4 is 45.9 Å². The van der Waals surface area contributed by atoms with E-state index in [2.05, 4.69) is 61.2 Å². The molecule has 3 N–H and O–H groups in total. The molecular formula is C53H60N8O3S2. The van der Waals surface area contributed by atoms with E-state index in [1.807, 2.05) is 102 Å². The van der Waals surface area contributed by atoms with E-state index in [0.29, 0.717) is 11.1 Å². The second-order valence-electron chi connectivity index (χ2n) is 15.1. The first-order valence-corrected chi connectivity index (χ1v) is 22.5. The molecule has 0 spiro atoms. The molecule has 0 radical (unpaired) electrons. The predicted octanol–water partition coefficient (Wildman–Crippen LogP) is 13.1. The average Bonchev–Trinajstić information content (AvgIpc) is 3.95. The van der Waals surface area contributed by atoms with Crippen molar-refractivity contribution < 1.29 is 14.3 Å². The normalized spacial score (nSPS) is 10.3. The van der Waals surface area contributed by atoms with E-state index in [9.17, 15) is 9.59 Å². The molecule has 6 aromatic heterocycles. The van der Waals surface area contributed by atoms with Crippen LogP contribution in [0.15, 0.2) is 110 Å². The number of nitrogens with zero attached hydrogens (tertiary/aromatic N) is 6. The summed E-state index contributed by atoms with van der Waals surface area (Å²) in [6.07, 6.45) is 12.5. The Balaban J connectivity index is 0.000000241. The molecule has 8 rings (SSSR count). The number of thiophene rings is 2. The van der Waals surface area contributed by atoms with Gasteiger partial charge in [0.15, 0.2) is 0 Å². The van der Waals surface area contributed by atoms with Gasteiger partial charge in [-0.2, -0.15) is 0 Å². The van der Waals surface area contributed by atoms with Crippen LogP contribution in [0.25, 0.3) is 43.4 Å². The molecule has 0 unspecified atom stereocenters. The number of esters is 1. The standard InChI is InChI=1S/C25H24N4OS.C19H18N2O2S.C7H10N2.2CH4/c1-5-23-20(11-24(31-23)22-14-27-17(4)12-28-22)18-6-8-19(9-7-18)25(30)29-21-13-26-16(3)10-15(21)2;1-4-17-15(13-5-7-14(8-6-13)19(22)23-3)9-18(24-17)16-11-20-12(2)10-21-16;1-5-3-6(2)9-4-7(5)8;;/h6-14H,5H2,1-4H3,(H,29,30);5-11H,4H2,1-3H3;3-4H,8H2,1-2H3;2*1H4. The third-order valence-electron chi connectivity index (χ3n) is 10.2. The van der Waals surface area contributed by atoms with Crippen molar-refractivity contribution in [2.45, 2.75) is 83.1 Å². The molecule has 0 fully saturated rings. The highest BCUT2D eigenvalue weighted by Crippen LogP contribution is 2.38. The molecule has 11 nitrogen and oxygen atoms in total. The van der Waals surface area contributed by atoms with Gasteiger partial charge in [-0.15, -0.1) is 22.7 Å². The molecule has 13 heteroatoms. The lowest BCUT2D eigenvalue weighted by molar-refractivity contribution is 0.0600. The van der Waals surface area contributed by atoms with Crippen LogP contribution in [0.5, 0.6) is 0 Å². The minimum absolute atomic E-state index is 0. The summed E-state index contributed by atoms with van der Waals surface area (Å²) in [5, 5.41) is 2.95. The van der Waals surface area contributed by atoms with Crippen LogP contribution < -0.4 is 11.1 Å². The number of hydrogen-bond donors (Lipinski definition) is 2. The number of ether oxygens (including phenoxy) is 1. The van der Waals surface area contributed by atoms with E-state index in [1.165, 1.54) is 28.0 Å². The van der Waals surface area contributed by atoms with Crippen molar-refractivity contribution in [3.8, 4) is 43.4 Å². The second-order valence-corrected chi connectivity index (χ2v) is 17.4. The molecule has 0 aliphatic carbocycles. The highest BCUT2D eigenvalue weighted by atomic mass is 32.1. The van der Waals surface area contributed by atoms with Crippen LogP contribution in [-0.2, 0) is 17.6 Å². The zero-order valence-electron chi connectivity index (χ0n) is 37.6. The number of carbonyl (C=O) groups is 2. The smallest absolute Gasteiger partial charge is 0.337 e. The van der Waals surface area contributed by atoms with Crippen LogP contribution >= 0.6 is 22.7 Å². The molecule has 0 bridgehead atoms. The fraction of sp³-hybridized carbons (Fsp3) is 0.245. The van der Waals surface area contributed by atoms with E-state index < -0.39 is 0 Å². The van der Waals surface area contributed by atoms with Gasteiger partial charge in [-0.1, -0.05) is 53.0 Å². The molecule has 1 amide bonds. The largest absolute Gasteiger partial charge is 0.465 e. The van der Waals surface area contributed by atoms with Gasteiger partial charge in [0.25, 0.3) is 5.91 Å². The van der Waals surface area contributed by atoms with Crippen LogP contribution in [0.1, 0.15) is 93.1 Å². The number of aryl methyl sites for hydroxylation is 8. The van der Waals surface area contributed by atoms with Crippen molar-refractivity contribution in [3.05, 3.63) is 165 Å². The van der Waals surface area contributed by atoms with Gasteiger partial charge in [-0.25, -0.2) is 4.79 Å². The molecule has 0 aliphatic rings. The summed E-state index contributed by atoms with van der Waals surface area (Å²) in [7, 11) is 1.39. The van der Waals surface area contributed by atoms with Gasteiger partial charge in [0, 0.05) is 39.1 Å². The van der Waals surface area contributed by atoms with Gasteiger partial charge >= 0.3 is 5.97 Å². The van der Waals surface area contributed by atoms with Crippen LogP contribution in [0.3, 0.4) is 0 Å². The summed E-state index contributed by atoms with van der Waals surface area (Å²) in [5.74, 6) is -0.463. The number of nitrogens with two attached hydrogens (primary N) is 1. The van der Waals surface area contributed by atoms with Gasteiger partial charge in [-0.3, -0.25) is 34.7 Å². The van der Waals surface area contributed by atoms with E-state index in [1.54, 1.807) is 59.6 Å². The molecule has 0 atom stereocenters. The lowest BCUT2D eigenvalue weighted by Crippen LogP contribution is -2.13. The molecule has 2 aromatic carbocycles. The SMILES string of the molecule is C.C.CCc1sc(-c2cnc(C)cn2)cc1-c1ccc(C(=O)Nc2cnc(C)cc2C)cc1.CCc1sc(-c2cnc(C)cn2)cc1-c1ccc(C(=O)OC)cc1.Cc1cc(C)c(N)cn1. The Morgan fingerprint density at radius 2 is 1.00 bits per heavy atom. The molecule has 342 valence electrons.